The number of hydrogen-bond donors (Lipinski definition) is 3. The van der Waals surface area contributed by atoms with Gasteiger partial charge < -0.3 is 20.3 Å². The van der Waals surface area contributed by atoms with Crippen LogP contribution in [0.3, 0.4) is 0 Å². The predicted molar refractivity (Wildman–Crippen MR) is 259 cm³/mol. The van der Waals surface area contributed by atoms with Gasteiger partial charge in [0, 0.05) is 6.42 Å². The summed E-state index contributed by atoms with van der Waals surface area (Å²) in [6.45, 7) is 6.29. The molecule has 344 valence electrons. The number of nitrogens with one attached hydrogen (secondary N) is 1. The van der Waals surface area contributed by atoms with E-state index >= 15 is 0 Å². The van der Waals surface area contributed by atoms with E-state index in [4.69, 9.17) is 4.74 Å². The molecule has 0 aromatic heterocycles. The Morgan fingerprint density at radius 1 is 0.500 bits per heavy atom. The van der Waals surface area contributed by atoms with Crippen LogP contribution in [0.1, 0.15) is 220 Å². The zero-order valence-electron chi connectivity index (χ0n) is 39.1. The molecule has 0 aliphatic rings. The van der Waals surface area contributed by atoms with Gasteiger partial charge in [0.05, 0.1) is 25.2 Å². The predicted octanol–water partition coefficient (Wildman–Crippen LogP) is 14.8. The minimum atomic E-state index is -0.806. The monoisotopic (exact) mass is 836 g/mol. The van der Waals surface area contributed by atoms with Crippen molar-refractivity contribution in [3.63, 3.8) is 0 Å². The SMILES string of the molecule is CC/C=C/C/C=C/C/C=C/CCCCC(CC(=O)NC(CO)C(O)CCCCCCCCCCCC)OC(=O)CCCCC/C=C\C/C=C\C/C=C\C/C=C\CCCCC. The highest BCUT2D eigenvalue weighted by atomic mass is 16.5. The largest absolute Gasteiger partial charge is 0.462 e. The second-order valence-corrected chi connectivity index (χ2v) is 16.5. The Labute approximate surface area is 370 Å². The molecule has 0 saturated carbocycles. The molecule has 0 heterocycles. The number of carbonyl (C=O) groups is 2. The van der Waals surface area contributed by atoms with Crippen LogP contribution in [-0.4, -0.2) is 46.9 Å². The van der Waals surface area contributed by atoms with Crippen LogP contribution >= 0.6 is 0 Å². The second-order valence-electron chi connectivity index (χ2n) is 16.5. The van der Waals surface area contributed by atoms with E-state index in [0.29, 0.717) is 19.3 Å². The number of aliphatic hydroxyl groups is 2. The molecule has 0 aliphatic heterocycles. The third-order valence-corrected chi connectivity index (χ3v) is 10.7. The quantitative estimate of drug-likeness (QED) is 0.0323. The van der Waals surface area contributed by atoms with E-state index in [9.17, 15) is 19.8 Å². The first-order valence-corrected chi connectivity index (χ1v) is 24.8. The molecule has 0 saturated heterocycles. The summed E-state index contributed by atoms with van der Waals surface area (Å²) >= 11 is 0. The highest BCUT2D eigenvalue weighted by molar-refractivity contribution is 5.77. The Kier molecular flexibility index (Phi) is 44.8. The smallest absolute Gasteiger partial charge is 0.306 e. The molecule has 6 nitrogen and oxygen atoms in total. The van der Waals surface area contributed by atoms with Crippen LogP contribution in [0.15, 0.2) is 85.1 Å². The van der Waals surface area contributed by atoms with Crippen LogP contribution in [0.4, 0.5) is 0 Å². The molecule has 1 amide bonds. The topological polar surface area (TPSA) is 95.9 Å². The van der Waals surface area contributed by atoms with Gasteiger partial charge in [-0.25, -0.2) is 0 Å². The molecule has 6 heteroatoms. The number of esters is 1. The Balaban J connectivity index is 4.67. The molecule has 0 bridgehead atoms. The first-order valence-electron chi connectivity index (χ1n) is 24.8. The fourth-order valence-corrected chi connectivity index (χ4v) is 6.96. The Hall–Kier alpha value is -2.96. The third kappa shape index (κ3) is 41.8. The molecule has 0 rings (SSSR count). The number of aliphatic hydroxyl groups excluding tert-OH is 2. The maximum Gasteiger partial charge on any atom is 0.306 e. The highest BCUT2D eigenvalue weighted by Gasteiger charge is 2.24. The van der Waals surface area contributed by atoms with Crippen molar-refractivity contribution >= 4 is 11.9 Å². The van der Waals surface area contributed by atoms with Gasteiger partial charge >= 0.3 is 5.97 Å². The minimum absolute atomic E-state index is 0.0341. The number of allylic oxidation sites excluding steroid dienone is 14. The summed E-state index contributed by atoms with van der Waals surface area (Å²) in [7, 11) is 0. The fourth-order valence-electron chi connectivity index (χ4n) is 6.96. The van der Waals surface area contributed by atoms with E-state index in [1.165, 1.54) is 70.6 Å². The van der Waals surface area contributed by atoms with Crippen LogP contribution in [-0.2, 0) is 14.3 Å². The number of unbranched alkanes of at least 4 members (excludes halogenated alkanes) is 17. The Bertz CT molecular complexity index is 1160. The van der Waals surface area contributed by atoms with Crippen molar-refractivity contribution < 1.29 is 24.5 Å². The second kappa shape index (κ2) is 47.1. The van der Waals surface area contributed by atoms with Crippen molar-refractivity contribution in [2.45, 2.75) is 238 Å². The summed E-state index contributed by atoms with van der Waals surface area (Å²) in [5.74, 6) is -0.556. The maximum atomic E-state index is 13.1. The van der Waals surface area contributed by atoms with Gasteiger partial charge in [-0.3, -0.25) is 9.59 Å². The zero-order valence-corrected chi connectivity index (χ0v) is 39.1. The summed E-state index contributed by atoms with van der Waals surface area (Å²) in [4.78, 5) is 26.1. The van der Waals surface area contributed by atoms with Gasteiger partial charge in [0.2, 0.25) is 5.91 Å². The maximum absolute atomic E-state index is 13.1. The lowest BCUT2D eigenvalue weighted by Crippen LogP contribution is -2.46. The first-order chi connectivity index (χ1) is 29.5. The van der Waals surface area contributed by atoms with E-state index in [1.807, 2.05) is 0 Å². The van der Waals surface area contributed by atoms with Crippen molar-refractivity contribution in [3.05, 3.63) is 85.1 Å². The highest BCUT2D eigenvalue weighted by Crippen LogP contribution is 2.16. The molecular formula is C54H93NO5. The summed E-state index contributed by atoms with van der Waals surface area (Å²) in [5.41, 5.74) is 0. The van der Waals surface area contributed by atoms with Crippen molar-refractivity contribution in [1.29, 1.82) is 0 Å². The lowest BCUT2D eigenvalue weighted by molar-refractivity contribution is -0.151. The number of hydrogen-bond acceptors (Lipinski definition) is 5. The van der Waals surface area contributed by atoms with Crippen molar-refractivity contribution in [3.8, 4) is 0 Å². The summed E-state index contributed by atoms with van der Waals surface area (Å²) in [6, 6.07) is -0.723. The van der Waals surface area contributed by atoms with Crippen molar-refractivity contribution in [1.82, 2.24) is 5.32 Å². The Morgan fingerprint density at radius 3 is 1.40 bits per heavy atom. The molecule has 0 spiro atoms. The van der Waals surface area contributed by atoms with E-state index < -0.39 is 18.2 Å². The number of ether oxygens (including phenoxy) is 1. The van der Waals surface area contributed by atoms with E-state index in [-0.39, 0.29) is 24.9 Å². The van der Waals surface area contributed by atoms with E-state index in [0.717, 1.165) is 103 Å². The van der Waals surface area contributed by atoms with Crippen LogP contribution in [0, 0.1) is 0 Å². The average Bonchev–Trinajstić information content (AvgIpc) is 3.24. The standard InChI is InChI=1S/C54H93NO5/c1-4-7-10-13-16-19-22-24-25-26-27-28-29-30-32-35-38-41-44-47-54(59)60-50(45-42-39-36-33-31-23-20-17-14-11-8-5-2)48-53(58)55-51(49-56)52(57)46-43-40-37-34-21-18-15-12-9-6-3/h8,11,16-17,19-20,24-25,27-28,30-33,50-52,56-57H,4-7,9-10,12-15,18,21-23,26,29,34-49H2,1-3H3,(H,55,58)/b11-8+,19-16-,20-17+,25-24-,28-27-,32-30-,33-31+. The molecule has 3 atom stereocenters. The van der Waals surface area contributed by atoms with Gasteiger partial charge in [-0.2, -0.15) is 0 Å². The minimum Gasteiger partial charge on any atom is -0.462 e. The number of amides is 1. The van der Waals surface area contributed by atoms with Crippen LogP contribution < -0.4 is 5.32 Å². The van der Waals surface area contributed by atoms with Crippen LogP contribution in [0.2, 0.25) is 0 Å². The van der Waals surface area contributed by atoms with Crippen molar-refractivity contribution in [2.75, 3.05) is 6.61 Å². The molecule has 0 aliphatic carbocycles. The normalized spacial score (nSPS) is 14.0. The molecule has 0 fully saturated rings. The van der Waals surface area contributed by atoms with Crippen LogP contribution in [0.5, 0.6) is 0 Å². The molecule has 3 N–H and O–H groups in total. The molecule has 0 aromatic rings. The van der Waals surface area contributed by atoms with Gasteiger partial charge in [0.1, 0.15) is 6.10 Å². The van der Waals surface area contributed by atoms with Gasteiger partial charge in [0.25, 0.3) is 0 Å². The fraction of sp³-hybridized carbons (Fsp3) is 0.704. The van der Waals surface area contributed by atoms with Crippen molar-refractivity contribution in [2.24, 2.45) is 0 Å². The van der Waals surface area contributed by atoms with Gasteiger partial charge in [0.15, 0.2) is 0 Å². The number of carbonyl (C=O) groups excluding carboxylic acids is 2. The molecule has 3 unspecified atom stereocenters. The van der Waals surface area contributed by atoms with Gasteiger partial charge in [-0.05, 0) is 103 Å². The third-order valence-electron chi connectivity index (χ3n) is 10.7. The van der Waals surface area contributed by atoms with Gasteiger partial charge in [-0.15, -0.1) is 0 Å². The average molecular weight is 836 g/mol. The lowest BCUT2D eigenvalue weighted by atomic mass is 10.0. The molecular weight excluding hydrogens is 743 g/mol. The first kappa shape index (κ1) is 57.0. The molecule has 60 heavy (non-hydrogen) atoms. The number of rotatable bonds is 43. The summed E-state index contributed by atoms with van der Waals surface area (Å²) in [5, 5.41) is 23.6. The summed E-state index contributed by atoms with van der Waals surface area (Å²) < 4.78 is 5.89. The molecule has 0 aromatic carbocycles. The lowest BCUT2D eigenvalue weighted by Gasteiger charge is -2.24. The molecule has 0 radical (unpaired) electrons. The van der Waals surface area contributed by atoms with E-state index in [2.05, 4.69) is 111 Å². The summed E-state index contributed by atoms with van der Waals surface area (Å²) in [6.07, 6.45) is 60.7. The van der Waals surface area contributed by atoms with Crippen LogP contribution in [0.25, 0.3) is 0 Å². The zero-order chi connectivity index (χ0) is 43.8. The Morgan fingerprint density at radius 2 is 0.900 bits per heavy atom. The van der Waals surface area contributed by atoms with Gasteiger partial charge in [-0.1, -0.05) is 189 Å². The van der Waals surface area contributed by atoms with E-state index in [1.54, 1.807) is 0 Å².